The van der Waals surface area contributed by atoms with Crippen LogP contribution in [0.1, 0.15) is 29.3 Å². The summed E-state index contributed by atoms with van der Waals surface area (Å²) < 4.78 is 17.1. The molecule has 0 unspecified atom stereocenters. The number of carbonyl (C=O) groups is 1. The Labute approximate surface area is 177 Å². The zero-order chi connectivity index (χ0) is 21.8. The van der Waals surface area contributed by atoms with Crippen LogP contribution in [-0.2, 0) is 11.3 Å². The third-order valence-corrected chi connectivity index (χ3v) is 4.17. The standard InChI is InChI=1S/C23H29N3O4/c1-4-19(16-28-3)30-21-13-18(23(27)26-22(24)10-11-25-2)12-20(14-21)29-15-17-8-6-5-7-9-17/h5-14,19,25H,4,15-16H2,1-3H3,(H2,24,26,27)/b11-10-/t19-/m0/s1. The van der Waals surface area contributed by atoms with Gasteiger partial charge in [-0.3, -0.25) is 10.2 Å². The Kier molecular flexibility index (Phi) is 9.40. The van der Waals surface area contributed by atoms with E-state index in [1.807, 2.05) is 37.3 Å². The van der Waals surface area contributed by atoms with Gasteiger partial charge >= 0.3 is 0 Å². The Morgan fingerprint density at radius 3 is 2.57 bits per heavy atom. The molecule has 0 radical (unpaired) electrons. The van der Waals surface area contributed by atoms with Crippen molar-refractivity contribution in [3.63, 3.8) is 0 Å². The molecule has 0 spiro atoms. The molecule has 0 saturated carbocycles. The van der Waals surface area contributed by atoms with E-state index in [1.165, 1.54) is 6.08 Å². The molecule has 30 heavy (non-hydrogen) atoms. The van der Waals surface area contributed by atoms with Crippen LogP contribution in [0.4, 0.5) is 0 Å². The van der Waals surface area contributed by atoms with Crippen molar-refractivity contribution in [1.29, 1.82) is 5.41 Å². The lowest BCUT2D eigenvalue weighted by Crippen LogP contribution is -2.29. The number of hydrogen-bond donors (Lipinski definition) is 3. The van der Waals surface area contributed by atoms with Gasteiger partial charge in [-0.15, -0.1) is 0 Å². The molecule has 7 nitrogen and oxygen atoms in total. The van der Waals surface area contributed by atoms with Gasteiger partial charge in [0, 0.05) is 25.8 Å². The highest BCUT2D eigenvalue weighted by atomic mass is 16.5. The van der Waals surface area contributed by atoms with Gasteiger partial charge in [0.25, 0.3) is 5.91 Å². The molecule has 2 aromatic rings. The first-order valence-corrected chi connectivity index (χ1v) is 9.76. The van der Waals surface area contributed by atoms with Gasteiger partial charge in [-0.05, 0) is 36.4 Å². The fraction of sp³-hybridized carbons (Fsp3) is 0.304. The van der Waals surface area contributed by atoms with E-state index in [4.69, 9.17) is 19.6 Å². The first kappa shape index (κ1) is 23.0. The van der Waals surface area contributed by atoms with Gasteiger partial charge in [0.1, 0.15) is 30.0 Å². The largest absolute Gasteiger partial charge is 0.489 e. The number of rotatable bonds is 11. The van der Waals surface area contributed by atoms with Gasteiger partial charge in [-0.2, -0.15) is 0 Å². The Bertz CT molecular complexity index is 853. The zero-order valence-electron chi connectivity index (χ0n) is 17.6. The van der Waals surface area contributed by atoms with E-state index in [0.717, 1.165) is 12.0 Å². The molecule has 160 valence electrons. The van der Waals surface area contributed by atoms with E-state index in [-0.39, 0.29) is 11.9 Å². The van der Waals surface area contributed by atoms with Crippen molar-refractivity contribution in [2.24, 2.45) is 0 Å². The van der Waals surface area contributed by atoms with Crippen LogP contribution in [0.15, 0.2) is 60.8 Å². The molecule has 2 aromatic carbocycles. The summed E-state index contributed by atoms with van der Waals surface area (Å²) in [5.41, 5.74) is 1.35. The highest BCUT2D eigenvalue weighted by Crippen LogP contribution is 2.25. The van der Waals surface area contributed by atoms with Gasteiger partial charge in [-0.25, -0.2) is 0 Å². The molecule has 0 aliphatic heterocycles. The number of amides is 1. The van der Waals surface area contributed by atoms with Crippen LogP contribution in [0.5, 0.6) is 11.5 Å². The number of ether oxygens (including phenoxy) is 3. The summed E-state index contributed by atoms with van der Waals surface area (Å²) in [6.07, 6.45) is 3.63. The fourth-order valence-electron chi connectivity index (χ4n) is 2.61. The minimum Gasteiger partial charge on any atom is -0.489 e. The Morgan fingerprint density at radius 1 is 1.17 bits per heavy atom. The van der Waals surface area contributed by atoms with Crippen LogP contribution in [-0.4, -0.2) is 38.6 Å². The van der Waals surface area contributed by atoms with Crippen molar-refractivity contribution in [3.8, 4) is 11.5 Å². The lowest BCUT2D eigenvalue weighted by atomic mass is 10.1. The highest BCUT2D eigenvalue weighted by molar-refractivity contribution is 6.09. The lowest BCUT2D eigenvalue weighted by Gasteiger charge is -2.18. The molecule has 0 heterocycles. The molecule has 0 aliphatic carbocycles. The fourth-order valence-corrected chi connectivity index (χ4v) is 2.61. The van der Waals surface area contributed by atoms with Crippen molar-refractivity contribution in [2.45, 2.75) is 26.1 Å². The van der Waals surface area contributed by atoms with Gasteiger partial charge < -0.3 is 24.8 Å². The predicted octanol–water partition coefficient (Wildman–Crippen LogP) is 3.51. The van der Waals surface area contributed by atoms with E-state index >= 15 is 0 Å². The first-order chi connectivity index (χ1) is 14.5. The molecule has 0 saturated heterocycles. The van der Waals surface area contributed by atoms with Crippen LogP contribution >= 0.6 is 0 Å². The summed E-state index contributed by atoms with van der Waals surface area (Å²) in [7, 11) is 3.33. The molecule has 0 bridgehead atoms. The maximum Gasteiger partial charge on any atom is 0.257 e. The number of methoxy groups -OCH3 is 1. The molecular weight excluding hydrogens is 382 g/mol. The number of amidine groups is 1. The predicted molar refractivity (Wildman–Crippen MR) is 117 cm³/mol. The summed E-state index contributed by atoms with van der Waals surface area (Å²) in [5.74, 6) is 0.562. The molecule has 0 aliphatic rings. The monoisotopic (exact) mass is 411 g/mol. The molecule has 3 N–H and O–H groups in total. The third-order valence-electron chi connectivity index (χ3n) is 4.17. The van der Waals surface area contributed by atoms with Crippen LogP contribution in [0.2, 0.25) is 0 Å². The van der Waals surface area contributed by atoms with Gasteiger partial charge in [0.05, 0.1) is 6.61 Å². The summed E-state index contributed by atoms with van der Waals surface area (Å²) in [5, 5.41) is 13.1. The molecule has 1 amide bonds. The summed E-state index contributed by atoms with van der Waals surface area (Å²) in [4.78, 5) is 12.6. The van der Waals surface area contributed by atoms with Crippen LogP contribution in [0, 0.1) is 5.41 Å². The third kappa shape index (κ3) is 7.60. The second-order valence-electron chi connectivity index (χ2n) is 6.56. The van der Waals surface area contributed by atoms with Crippen LogP contribution < -0.4 is 20.1 Å². The van der Waals surface area contributed by atoms with E-state index < -0.39 is 5.91 Å². The molecule has 0 fully saturated rings. The van der Waals surface area contributed by atoms with Crippen LogP contribution in [0.3, 0.4) is 0 Å². The highest BCUT2D eigenvalue weighted by Gasteiger charge is 2.14. The van der Waals surface area contributed by atoms with E-state index in [1.54, 1.807) is 38.6 Å². The average molecular weight is 412 g/mol. The maximum atomic E-state index is 12.6. The van der Waals surface area contributed by atoms with E-state index in [2.05, 4.69) is 10.6 Å². The number of benzene rings is 2. The van der Waals surface area contributed by atoms with Crippen molar-refractivity contribution in [2.75, 3.05) is 20.8 Å². The minimum absolute atomic E-state index is 0.0294. The second kappa shape index (κ2) is 12.3. The molecule has 7 heteroatoms. The van der Waals surface area contributed by atoms with Gasteiger partial charge in [0.2, 0.25) is 0 Å². The Morgan fingerprint density at radius 2 is 1.90 bits per heavy atom. The minimum atomic E-state index is -0.421. The average Bonchev–Trinajstić information content (AvgIpc) is 2.76. The van der Waals surface area contributed by atoms with E-state index in [0.29, 0.717) is 30.3 Å². The van der Waals surface area contributed by atoms with Crippen LogP contribution in [0.25, 0.3) is 0 Å². The topological polar surface area (TPSA) is 92.7 Å². The quantitative estimate of drug-likeness (QED) is 0.389. The smallest absolute Gasteiger partial charge is 0.257 e. The van der Waals surface area contributed by atoms with Crippen molar-refractivity contribution in [3.05, 3.63) is 71.9 Å². The van der Waals surface area contributed by atoms with Crippen molar-refractivity contribution < 1.29 is 19.0 Å². The molecule has 1 atom stereocenters. The summed E-state index contributed by atoms with van der Waals surface area (Å²) in [6, 6.07) is 14.8. The first-order valence-electron chi connectivity index (χ1n) is 9.76. The number of nitrogens with one attached hydrogen (secondary N) is 3. The number of hydrogen-bond acceptors (Lipinski definition) is 6. The molecule has 2 rings (SSSR count). The normalized spacial score (nSPS) is 11.7. The second-order valence-corrected chi connectivity index (χ2v) is 6.56. The maximum absolute atomic E-state index is 12.6. The van der Waals surface area contributed by atoms with Gasteiger partial charge in [-0.1, -0.05) is 37.3 Å². The SMILES string of the molecule is CC[C@@H](COC)Oc1cc(OCc2ccccc2)cc(C(=O)NC(=N)/C=C\NC)c1. The lowest BCUT2D eigenvalue weighted by molar-refractivity contribution is 0.0783. The summed E-state index contributed by atoms with van der Waals surface area (Å²) in [6.45, 7) is 2.80. The Hall–Kier alpha value is -3.32. The number of carbonyl (C=O) groups excluding carboxylic acids is 1. The van der Waals surface area contributed by atoms with Gasteiger partial charge in [0.15, 0.2) is 0 Å². The molecular formula is C23H29N3O4. The van der Waals surface area contributed by atoms with Crippen molar-refractivity contribution >= 4 is 11.7 Å². The van der Waals surface area contributed by atoms with E-state index in [9.17, 15) is 4.79 Å². The summed E-state index contributed by atoms with van der Waals surface area (Å²) >= 11 is 0. The van der Waals surface area contributed by atoms with Crippen molar-refractivity contribution in [1.82, 2.24) is 10.6 Å². The molecule has 0 aromatic heterocycles. The zero-order valence-corrected chi connectivity index (χ0v) is 17.6. The Balaban J connectivity index is 2.22.